The lowest BCUT2D eigenvalue weighted by atomic mass is 9.98. The van der Waals surface area contributed by atoms with Crippen LogP contribution in [0.4, 0.5) is 0 Å². The fraction of sp³-hybridized carbons (Fsp3) is 0.444. The zero-order valence-corrected chi connectivity index (χ0v) is 14.2. The number of ether oxygens (including phenoxy) is 1. The molecule has 4 heteroatoms. The molecule has 0 fully saturated rings. The third-order valence-electron chi connectivity index (χ3n) is 3.73. The van der Waals surface area contributed by atoms with E-state index in [2.05, 4.69) is 0 Å². The van der Waals surface area contributed by atoms with E-state index in [1.165, 1.54) is 11.8 Å². The summed E-state index contributed by atoms with van der Waals surface area (Å²) in [6.45, 7) is 6.38. The van der Waals surface area contributed by atoms with Gasteiger partial charge >= 0.3 is 0 Å². The highest BCUT2D eigenvalue weighted by Gasteiger charge is 2.36. The number of aryl methyl sites for hydroxylation is 1. The monoisotopic (exact) mass is 318 g/mol. The molecule has 118 valence electrons. The van der Waals surface area contributed by atoms with Gasteiger partial charge in [-0.05, 0) is 25.3 Å². The van der Waals surface area contributed by atoms with Crippen molar-refractivity contribution >= 4 is 23.3 Å². The van der Waals surface area contributed by atoms with E-state index in [1.54, 1.807) is 0 Å². The fourth-order valence-corrected chi connectivity index (χ4v) is 3.84. The van der Waals surface area contributed by atoms with E-state index in [4.69, 9.17) is 4.74 Å². The number of hydrogen-bond acceptors (Lipinski definition) is 4. The van der Waals surface area contributed by atoms with Crippen LogP contribution in [0.15, 0.2) is 34.9 Å². The average Bonchev–Trinajstić information content (AvgIpc) is 2.84. The lowest BCUT2D eigenvalue weighted by molar-refractivity contribution is -0.118. The third-order valence-corrected chi connectivity index (χ3v) is 5.16. The first-order valence-corrected chi connectivity index (χ1v) is 8.68. The third kappa shape index (κ3) is 3.43. The molecular formula is C18H22O3S. The first kappa shape index (κ1) is 16.8. The number of hydrogen-bond donors (Lipinski definition) is 0. The van der Waals surface area contributed by atoms with E-state index < -0.39 is 0 Å². The molecule has 0 spiro atoms. The van der Waals surface area contributed by atoms with Gasteiger partial charge in [0, 0.05) is 16.9 Å². The summed E-state index contributed by atoms with van der Waals surface area (Å²) in [6, 6.07) is 7.63. The highest BCUT2D eigenvalue weighted by molar-refractivity contribution is 8.04. The Balaban J connectivity index is 2.12. The zero-order valence-electron chi connectivity index (χ0n) is 13.3. The number of benzene rings is 1. The van der Waals surface area contributed by atoms with Crippen LogP contribution in [0.1, 0.15) is 49.5 Å². The summed E-state index contributed by atoms with van der Waals surface area (Å²) in [4.78, 5) is 26.0. The smallest absolute Gasteiger partial charge is 0.211 e. The summed E-state index contributed by atoms with van der Waals surface area (Å²) in [7, 11) is 0. The Kier molecular flexibility index (Phi) is 5.83. The molecule has 1 unspecified atom stereocenters. The Labute approximate surface area is 136 Å². The minimum atomic E-state index is -0.339. The van der Waals surface area contributed by atoms with Crippen LogP contribution in [0.25, 0.3) is 0 Å². The molecule has 2 rings (SSSR count). The molecular weight excluding hydrogens is 296 g/mol. The maximum absolute atomic E-state index is 12.6. The molecule has 0 N–H and O–H groups in total. The summed E-state index contributed by atoms with van der Waals surface area (Å²) >= 11 is 1.49. The normalized spacial score (nSPS) is 18.0. The highest BCUT2D eigenvalue weighted by Crippen LogP contribution is 2.39. The standard InChI is InChI=1S/C18H22O3S/c1-4-12-9-7-8-10-13(12)14(19)11-16-17(20)18(21-6-3)15(5-2)22-16/h7-10,16H,4-6,11H2,1-3H3. The summed E-state index contributed by atoms with van der Waals surface area (Å²) in [5.41, 5.74) is 1.78. The second-order valence-corrected chi connectivity index (χ2v) is 6.45. The van der Waals surface area contributed by atoms with Crippen molar-refractivity contribution < 1.29 is 14.3 Å². The fourth-order valence-electron chi connectivity index (χ4n) is 2.62. The largest absolute Gasteiger partial charge is 0.489 e. The molecule has 1 aliphatic rings. The predicted molar refractivity (Wildman–Crippen MR) is 90.1 cm³/mol. The van der Waals surface area contributed by atoms with Gasteiger partial charge in [0.25, 0.3) is 0 Å². The molecule has 1 aromatic carbocycles. The first-order valence-electron chi connectivity index (χ1n) is 7.80. The summed E-state index contributed by atoms with van der Waals surface area (Å²) < 4.78 is 5.48. The van der Waals surface area contributed by atoms with Crippen LogP contribution in [0, 0.1) is 0 Å². The lowest BCUT2D eigenvalue weighted by Crippen LogP contribution is -2.20. The Morgan fingerprint density at radius 3 is 2.55 bits per heavy atom. The van der Waals surface area contributed by atoms with Crippen LogP contribution in [0.3, 0.4) is 0 Å². The zero-order chi connectivity index (χ0) is 16.1. The van der Waals surface area contributed by atoms with E-state index in [0.717, 1.165) is 28.9 Å². The van der Waals surface area contributed by atoms with Crippen molar-refractivity contribution in [3.8, 4) is 0 Å². The number of thioether (sulfide) groups is 1. The second-order valence-electron chi connectivity index (χ2n) is 5.15. The molecule has 1 aromatic rings. The quantitative estimate of drug-likeness (QED) is 0.708. The number of Topliss-reactive ketones (excluding diaryl/α,β-unsaturated/α-hetero) is 2. The van der Waals surface area contributed by atoms with Gasteiger partial charge in [-0.15, -0.1) is 11.8 Å². The van der Waals surface area contributed by atoms with E-state index >= 15 is 0 Å². The highest BCUT2D eigenvalue weighted by atomic mass is 32.2. The molecule has 1 aliphatic heterocycles. The SMILES string of the molecule is CCOC1=C(CC)SC(CC(=O)c2ccccc2CC)C1=O. The van der Waals surface area contributed by atoms with Gasteiger partial charge in [0.15, 0.2) is 11.5 Å². The summed E-state index contributed by atoms with van der Waals surface area (Å²) in [6.07, 6.45) is 1.82. The Bertz CT molecular complexity index is 604. The van der Waals surface area contributed by atoms with Crippen LogP contribution < -0.4 is 0 Å². The molecule has 0 saturated heterocycles. The molecule has 0 radical (unpaired) electrons. The van der Waals surface area contributed by atoms with Crippen molar-refractivity contribution in [3.05, 3.63) is 46.1 Å². The molecule has 0 saturated carbocycles. The topological polar surface area (TPSA) is 43.4 Å². The minimum Gasteiger partial charge on any atom is -0.489 e. The van der Waals surface area contributed by atoms with Crippen molar-refractivity contribution in [1.82, 2.24) is 0 Å². The molecule has 1 heterocycles. The van der Waals surface area contributed by atoms with Crippen LogP contribution >= 0.6 is 11.8 Å². The minimum absolute atomic E-state index is 0.0361. The van der Waals surface area contributed by atoms with E-state index in [9.17, 15) is 9.59 Å². The van der Waals surface area contributed by atoms with Gasteiger partial charge in [-0.2, -0.15) is 0 Å². The van der Waals surface area contributed by atoms with Crippen LogP contribution in [0.5, 0.6) is 0 Å². The van der Waals surface area contributed by atoms with Crippen LogP contribution in [0.2, 0.25) is 0 Å². The maximum Gasteiger partial charge on any atom is 0.211 e. The predicted octanol–water partition coefficient (Wildman–Crippen LogP) is 4.16. The van der Waals surface area contributed by atoms with Crippen molar-refractivity contribution in [1.29, 1.82) is 0 Å². The number of ketones is 2. The van der Waals surface area contributed by atoms with Gasteiger partial charge in [-0.1, -0.05) is 38.1 Å². The number of carbonyl (C=O) groups is 2. The Hall–Kier alpha value is -1.55. The molecule has 0 aliphatic carbocycles. The number of rotatable bonds is 7. The Morgan fingerprint density at radius 2 is 1.91 bits per heavy atom. The van der Waals surface area contributed by atoms with Crippen molar-refractivity contribution in [2.24, 2.45) is 0 Å². The van der Waals surface area contributed by atoms with Crippen LogP contribution in [-0.2, 0) is 16.0 Å². The van der Waals surface area contributed by atoms with E-state index in [0.29, 0.717) is 12.4 Å². The van der Waals surface area contributed by atoms with Gasteiger partial charge in [0.05, 0.1) is 11.9 Å². The second kappa shape index (κ2) is 7.63. The number of carbonyl (C=O) groups excluding carboxylic acids is 2. The van der Waals surface area contributed by atoms with Crippen molar-refractivity contribution in [2.75, 3.05) is 6.61 Å². The van der Waals surface area contributed by atoms with Gasteiger partial charge in [0.2, 0.25) is 5.78 Å². The summed E-state index contributed by atoms with van der Waals surface area (Å²) in [5.74, 6) is 0.471. The molecule has 3 nitrogen and oxygen atoms in total. The van der Waals surface area contributed by atoms with E-state index in [-0.39, 0.29) is 23.2 Å². The van der Waals surface area contributed by atoms with Crippen LogP contribution in [-0.4, -0.2) is 23.4 Å². The maximum atomic E-state index is 12.6. The van der Waals surface area contributed by atoms with Gasteiger partial charge in [-0.3, -0.25) is 9.59 Å². The molecule has 0 bridgehead atoms. The van der Waals surface area contributed by atoms with E-state index in [1.807, 2.05) is 45.0 Å². The summed E-state index contributed by atoms with van der Waals surface area (Å²) in [5, 5.41) is -0.339. The molecule has 1 atom stereocenters. The first-order chi connectivity index (χ1) is 10.6. The lowest BCUT2D eigenvalue weighted by Gasteiger charge is -2.10. The van der Waals surface area contributed by atoms with Gasteiger partial charge in [-0.25, -0.2) is 0 Å². The van der Waals surface area contributed by atoms with Crippen molar-refractivity contribution in [3.63, 3.8) is 0 Å². The van der Waals surface area contributed by atoms with Gasteiger partial charge in [0.1, 0.15) is 0 Å². The average molecular weight is 318 g/mol. The molecule has 0 amide bonds. The Morgan fingerprint density at radius 1 is 1.18 bits per heavy atom. The molecule has 22 heavy (non-hydrogen) atoms. The number of allylic oxidation sites excluding steroid dienone is 2. The molecule has 0 aromatic heterocycles. The van der Waals surface area contributed by atoms with Gasteiger partial charge < -0.3 is 4.74 Å². The van der Waals surface area contributed by atoms with Crippen molar-refractivity contribution in [2.45, 2.75) is 45.3 Å².